The zero-order valence-corrected chi connectivity index (χ0v) is 11.3. The molecule has 4 nitrogen and oxygen atoms in total. The van der Waals surface area contributed by atoms with Crippen LogP contribution in [0.4, 0.5) is 9.52 Å². The van der Waals surface area contributed by atoms with Crippen LogP contribution in [0.1, 0.15) is 28.2 Å². The number of hydrogen-bond acceptors (Lipinski definition) is 4. The Labute approximate surface area is 114 Å². The maximum atomic E-state index is 13.7. The number of rotatable bonds is 4. The summed E-state index contributed by atoms with van der Waals surface area (Å²) in [6.07, 6.45) is 1.31. The van der Waals surface area contributed by atoms with Crippen LogP contribution < -0.4 is 4.90 Å². The topological polar surface area (TPSA) is 53.4 Å². The number of anilines is 1. The Hall–Kier alpha value is -1.95. The standard InChI is InChI=1S/C13H13FN2O2S/c1-8(9-5-3-4-6-10(9)14)16(2)13-15-7-11(19-13)12(17)18/h3-8H,1-2H3,(H,17,18). The summed E-state index contributed by atoms with van der Waals surface area (Å²) in [7, 11) is 1.77. The molecule has 0 saturated carbocycles. The third-order valence-electron chi connectivity index (χ3n) is 2.94. The minimum absolute atomic E-state index is 0.169. The Kier molecular flexibility index (Phi) is 3.80. The highest BCUT2D eigenvalue weighted by Crippen LogP contribution is 2.29. The van der Waals surface area contributed by atoms with Gasteiger partial charge in [0.05, 0.1) is 12.2 Å². The molecule has 0 aliphatic rings. The molecule has 19 heavy (non-hydrogen) atoms. The van der Waals surface area contributed by atoms with Crippen molar-refractivity contribution in [3.8, 4) is 0 Å². The Morgan fingerprint density at radius 1 is 1.47 bits per heavy atom. The highest BCUT2D eigenvalue weighted by Gasteiger charge is 2.19. The second-order valence-electron chi connectivity index (χ2n) is 4.12. The van der Waals surface area contributed by atoms with Gasteiger partial charge in [0.1, 0.15) is 10.7 Å². The van der Waals surface area contributed by atoms with E-state index in [0.717, 1.165) is 11.3 Å². The van der Waals surface area contributed by atoms with E-state index in [9.17, 15) is 9.18 Å². The van der Waals surface area contributed by atoms with Crippen LogP contribution in [0.5, 0.6) is 0 Å². The van der Waals surface area contributed by atoms with Gasteiger partial charge in [0.15, 0.2) is 5.13 Å². The smallest absolute Gasteiger partial charge is 0.347 e. The third kappa shape index (κ3) is 2.73. The van der Waals surface area contributed by atoms with Gasteiger partial charge in [-0.1, -0.05) is 29.5 Å². The first-order chi connectivity index (χ1) is 9.00. The number of aromatic nitrogens is 1. The molecule has 1 aromatic heterocycles. The molecule has 1 heterocycles. The number of carboxylic acids is 1. The molecule has 0 amide bonds. The van der Waals surface area contributed by atoms with Crippen molar-refractivity contribution in [1.82, 2.24) is 4.98 Å². The number of aromatic carboxylic acids is 1. The Morgan fingerprint density at radius 2 is 2.16 bits per heavy atom. The summed E-state index contributed by atoms with van der Waals surface area (Å²) < 4.78 is 13.7. The van der Waals surface area contributed by atoms with Crippen LogP contribution in [-0.2, 0) is 0 Å². The molecule has 2 rings (SSSR count). The molecule has 1 unspecified atom stereocenters. The van der Waals surface area contributed by atoms with Gasteiger partial charge in [-0.2, -0.15) is 0 Å². The largest absolute Gasteiger partial charge is 0.477 e. The van der Waals surface area contributed by atoms with Crippen molar-refractivity contribution in [3.63, 3.8) is 0 Å². The fourth-order valence-electron chi connectivity index (χ4n) is 1.72. The Morgan fingerprint density at radius 3 is 2.74 bits per heavy atom. The average molecular weight is 280 g/mol. The molecule has 1 N–H and O–H groups in total. The van der Waals surface area contributed by atoms with Gasteiger partial charge < -0.3 is 10.0 Å². The fraction of sp³-hybridized carbons (Fsp3) is 0.231. The van der Waals surface area contributed by atoms with Gasteiger partial charge >= 0.3 is 5.97 Å². The SMILES string of the molecule is CC(c1ccccc1F)N(C)c1ncc(C(=O)O)s1. The first kappa shape index (κ1) is 13.5. The number of benzene rings is 1. The molecule has 0 saturated heterocycles. The molecular weight excluding hydrogens is 267 g/mol. The number of carbonyl (C=O) groups is 1. The first-order valence-corrected chi connectivity index (χ1v) is 6.48. The molecule has 0 fully saturated rings. The van der Waals surface area contributed by atoms with Gasteiger partial charge in [-0.05, 0) is 13.0 Å². The van der Waals surface area contributed by atoms with Crippen LogP contribution in [0.3, 0.4) is 0 Å². The summed E-state index contributed by atoms with van der Waals surface area (Å²) in [5.74, 6) is -1.28. The Balaban J connectivity index is 2.25. The van der Waals surface area contributed by atoms with Crippen molar-refractivity contribution in [2.24, 2.45) is 0 Å². The van der Waals surface area contributed by atoms with Crippen LogP contribution in [0.15, 0.2) is 30.5 Å². The molecular formula is C13H13FN2O2S. The molecule has 0 bridgehead atoms. The summed E-state index contributed by atoms with van der Waals surface area (Å²) in [5, 5.41) is 9.42. The molecule has 1 atom stereocenters. The maximum Gasteiger partial charge on any atom is 0.347 e. The fourth-order valence-corrected chi connectivity index (χ4v) is 2.51. The monoisotopic (exact) mass is 280 g/mol. The van der Waals surface area contributed by atoms with E-state index in [1.165, 1.54) is 12.3 Å². The average Bonchev–Trinajstić information content (AvgIpc) is 2.87. The third-order valence-corrected chi connectivity index (χ3v) is 4.02. The molecule has 0 aliphatic heterocycles. The second kappa shape index (κ2) is 5.36. The minimum atomic E-state index is -1.00. The lowest BCUT2D eigenvalue weighted by Gasteiger charge is -2.24. The summed E-state index contributed by atoms with van der Waals surface area (Å²) in [6.45, 7) is 1.85. The summed E-state index contributed by atoms with van der Waals surface area (Å²) >= 11 is 1.07. The van der Waals surface area contributed by atoms with Gasteiger partial charge in [-0.15, -0.1) is 0 Å². The van der Waals surface area contributed by atoms with Crippen molar-refractivity contribution in [2.45, 2.75) is 13.0 Å². The maximum absolute atomic E-state index is 13.7. The van der Waals surface area contributed by atoms with Gasteiger partial charge in [0, 0.05) is 12.6 Å². The van der Waals surface area contributed by atoms with E-state index >= 15 is 0 Å². The molecule has 6 heteroatoms. The lowest BCUT2D eigenvalue weighted by molar-refractivity contribution is 0.0702. The van der Waals surface area contributed by atoms with E-state index in [1.807, 2.05) is 6.92 Å². The van der Waals surface area contributed by atoms with Gasteiger partial charge in [0.25, 0.3) is 0 Å². The number of thiazole rings is 1. The molecule has 0 spiro atoms. The van der Waals surface area contributed by atoms with Crippen molar-refractivity contribution in [2.75, 3.05) is 11.9 Å². The highest BCUT2D eigenvalue weighted by atomic mass is 32.1. The van der Waals surface area contributed by atoms with E-state index in [1.54, 1.807) is 30.1 Å². The predicted octanol–water partition coefficient (Wildman–Crippen LogP) is 3.18. The van der Waals surface area contributed by atoms with Crippen LogP contribution in [-0.4, -0.2) is 23.1 Å². The lowest BCUT2D eigenvalue weighted by Crippen LogP contribution is -2.22. The number of carboxylic acid groups (broad SMARTS) is 1. The lowest BCUT2D eigenvalue weighted by atomic mass is 10.1. The zero-order chi connectivity index (χ0) is 14.0. The quantitative estimate of drug-likeness (QED) is 0.934. The van der Waals surface area contributed by atoms with Gasteiger partial charge in [0.2, 0.25) is 0 Å². The van der Waals surface area contributed by atoms with Gasteiger partial charge in [-0.25, -0.2) is 14.2 Å². The van der Waals surface area contributed by atoms with E-state index in [2.05, 4.69) is 4.98 Å². The van der Waals surface area contributed by atoms with E-state index in [4.69, 9.17) is 5.11 Å². The second-order valence-corrected chi connectivity index (χ2v) is 5.13. The molecule has 1 aromatic carbocycles. The molecule has 0 radical (unpaired) electrons. The van der Waals surface area contributed by atoms with Crippen LogP contribution in [0.2, 0.25) is 0 Å². The van der Waals surface area contributed by atoms with Crippen LogP contribution in [0, 0.1) is 5.82 Å². The summed E-state index contributed by atoms with van der Waals surface area (Å²) in [4.78, 5) is 16.8. The number of halogens is 1. The summed E-state index contributed by atoms with van der Waals surface area (Å²) in [6, 6.07) is 6.30. The van der Waals surface area contributed by atoms with E-state index in [-0.39, 0.29) is 16.7 Å². The highest BCUT2D eigenvalue weighted by molar-refractivity contribution is 7.17. The number of hydrogen-bond donors (Lipinski definition) is 1. The van der Waals surface area contributed by atoms with Gasteiger partial charge in [-0.3, -0.25) is 0 Å². The van der Waals surface area contributed by atoms with Crippen molar-refractivity contribution in [3.05, 3.63) is 46.7 Å². The van der Waals surface area contributed by atoms with Crippen molar-refractivity contribution < 1.29 is 14.3 Å². The van der Waals surface area contributed by atoms with Crippen molar-refractivity contribution in [1.29, 1.82) is 0 Å². The van der Waals surface area contributed by atoms with E-state index < -0.39 is 5.97 Å². The predicted molar refractivity (Wildman–Crippen MR) is 72.3 cm³/mol. The van der Waals surface area contributed by atoms with Crippen LogP contribution in [0.25, 0.3) is 0 Å². The van der Waals surface area contributed by atoms with Crippen molar-refractivity contribution >= 4 is 22.4 Å². The molecule has 0 aliphatic carbocycles. The Bertz CT molecular complexity index is 600. The zero-order valence-electron chi connectivity index (χ0n) is 10.5. The normalized spacial score (nSPS) is 12.2. The van der Waals surface area contributed by atoms with E-state index in [0.29, 0.717) is 10.7 Å². The van der Waals surface area contributed by atoms with Crippen LogP contribution >= 0.6 is 11.3 Å². The summed E-state index contributed by atoms with van der Waals surface area (Å²) in [5.41, 5.74) is 0.553. The molecule has 2 aromatic rings. The first-order valence-electron chi connectivity index (χ1n) is 5.67. The molecule has 100 valence electrons. The number of nitrogens with zero attached hydrogens (tertiary/aromatic N) is 2. The minimum Gasteiger partial charge on any atom is -0.477 e.